The van der Waals surface area contributed by atoms with Crippen LogP contribution in [0.15, 0.2) is 48.5 Å². The Morgan fingerprint density at radius 1 is 0.833 bits per heavy atom. The van der Waals surface area contributed by atoms with Crippen LogP contribution in [0.1, 0.15) is 44.1 Å². The van der Waals surface area contributed by atoms with Crippen molar-refractivity contribution in [1.82, 2.24) is 5.32 Å². The first-order valence-electron chi connectivity index (χ1n) is 11.5. The SMILES string of the molecule is NC(=O)[C@H](CCC(=O)O)CC(=O)[C@H](CCC(=O)O)NC(=O)CCc1ccc(-c2cccc(N)c2)cc1. The van der Waals surface area contributed by atoms with Gasteiger partial charge in [-0.25, -0.2) is 0 Å². The number of nitrogens with two attached hydrogens (primary N) is 2. The molecule has 0 bridgehead atoms. The highest BCUT2D eigenvalue weighted by Crippen LogP contribution is 2.22. The number of carbonyl (C=O) groups is 5. The summed E-state index contributed by atoms with van der Waals surface area (Å²) in [5.74, 6) is -5.12. The second-order valence-corrected chi connectivity index (χ2v) is 8.58. The minimum atomic E-state index is -1.14. The van der Waals surface area contributed by atoms with E-state index in [1.165, 1.54) is 0 Å². The van der Waals surface area contributed by atoms with Crippen LogP contribution < -0.4 is 16.8 Å². The Labute approximate surface area is 208 Å². The first kappa shape index (κ1) is 28.0. The van der Waals surface area contributed by atoms with Crippen molar-refractivity contribution in [3.63, 3.8) is 0 Å². The summed E-state index contributed by atoms with van der Waals surface area (Å²) in [5.41, 5.74) is 14.6. The second kappa shape index (κ2) is 13.6. The molecule has 2 rings (SSSR count). The van der Waals surface area contributed by atoms with E-state index in [4.69, 9.17) is 21.7 Å². The third-order valence-electron chi connectivity index (χ3n) is 5.74. The van der Waals surface area contributed by atoms with Gasteiger partial charge in [-0.1, -0.05) is 36.4 Å². The van der Waals surface area contributed by atoms with Gasteiger partial charge in [0.25, 0.3) is 0 Å². The summed E-state index contributed by atoms with van der Waals surface area (Å²) in [6.45, 7) is 0. The Kier molecular flexibility index (Phi) is 10.6. The van der Waals surface area contributed by atoms with Gasteiger partial charge in [-0.2, -0.15) is 0 Å². The van der Waals surface area contributed by atoms with Crippen LogP contribution in [0.5, 0.6) is 0 Å². The topological polar surface area (TPSA) is 190 Å². The highest BCUT2D eigenvalue weighted by Gasteiger charge is 2.27. The molecule has 0 aromatic heterocycles. The zero-order chi connectivity index (χ0) is 26.7. The van der Waals surface area contributed by atoms with Gasteiger partial charge >= 0.3 is 11.9 Å². The van der Waals surface area contributed by atoms with E-state index in [0.29, 0.717) is 12.1 Å². The predicted octanol–water partition coefficient (Wildman–Crippen LogP) is 2.14. The van der Waals surface area contributed by atoms with Crippen LogP contribution in [-0.2, 0) is 30.4 Å². The number of aliphatic carboxylic acids is 2. The number of amides is 2. The minimum absolute atomic E-state index is 0.0622. The molecule has 0 saturated heterocycles. The van der Waals surface area contributed by atoms with Crippen LogP contribution in [0.3, 0.4) is 0 Å². The Morgan fingerprint density at radius 2 is 1.47 bits per heavy atom. The average molecular weight is 498 g/mol. The first-order valence-corrected chi connectivity index (χ1v) is 11.5. The fourth-order valence-corrected chi connectivity index (χ4v) is 3.72. The van der Waals surface area contributed by atoms with Crippen molar-refractivity contribution >= 4 is 35.2 Å². The first-order chi connectivity index (χ1) is 17.0. The van der Waals surface area contributed by atoms with Crippen LogP contribution in [-0.4, -0.2) is 45.8 Å². The molecule has 0 aliphatic carbocycles. The monoisotopic (exact) mass is 497 g/mol. The lowest BCUT2D eigenvalue weighted by Gasteiger charge is -2.19. The van der Waals surface area contributed by atoms with E-state index < -0.39 is 41.5 Å². The standard InChI is InChI=1S/C26H31N3O7/c27-20-3-1-2-18(14-20)17-7-4-16(5-8-17)6-11-23(31)29-21(10-13-25(34)35)22(30)15-19(26(28)36)9-12-24(32)33/h1-5,7-8,14,19,21H,6,9-13,15,27H2,(H2,28,36)(H,29,31)(H,32,33)(H,34,35)/t19-,21+/m1/s1. The maximum absolute atomic E-state index is 12.7. The molecule has 0 spiro atoms. The van der Waals surface area contributed by atoms with Gasteiger partial charge in [0.1, 0.15) is 0 Å². The molecule has 2 atom stereocenters. The highest BCUT2D eigenvalue weighted by molar-refractivity contribution is 5.92. The average Bonchev–Trinajstić information content (AvgIpc) is 2.82. The molecule has 10 nitrogen and oxygen atoms in total. The molecule has 0 fully saturated rings. The number of anilines is 1. The third kappa shape index (κ3) is 9.57. The van der Waals surface area contributed by atoms with E-state index in [0.717, 1.165) is 16.7 Å². The normalized spacial score (nSPS) is 12.3. The smallest absolute Gasteiger partial charge is 0.303 e. The Hall–Kier alpha value is -4.21. The van der Waals surface area contributed by atoms with Crippen molar-refractivity contribution in [2.45, 2.75) is 51.0 Å². The molecule has 0 aliphatic rings. The van der Waals surface area contributed by atoms with Gasteiger partial charge in [-0.05, 0) is 48.1 Å². The summed E-state index contributed by atoms with van der Waals surface area (Å²) >= 11 is 0. The highest BCUT2D eigenvalue weighted by atomic mass is 16.4. The van der Waals surface area contributed by atoms with E-state index in [9.17, 15) is 24.0 Å². The lowest BCUT2D eigenvalue weighted by atomic mass is 9.92. The van der Waals surface area contributed by atoms with Crippen LogP contribution in [0.25, 0.3) is 11.1 Å². The fourth-order valence-electron chi connectivity index (χ4n) is 3.72. The summed E-state index contributed by atoms with van der Waals surface area (Å²) in [5, 5.41) is 20.4. The molecule has 2 aromatic carbocycles. The van der Waals surface area contributed by atoms with Crippen LogP contribution >= 0.6 is 0 Å². The zero-order valence-electron chi connectivity index (χ0n) is 19.8. The van der Waals surface area contributed by atoms with Gasteiger partial charge in [0.2, 0.25) is 11.8 Å². The van der Waals surface area contributed by atoms with E-state index >= 15 is 0 Å². The van der Waals surface area contributed by atoms with Gasteiger partial charge < -0.3 is 27.0 Å². The summed E-state index contributed by atoms with van der Waals surface area (Å²) < 4.78 is 0. The molecule has 10 heteroatoms. The van der Waals surface area contributed by atoms with E-state index in [2.05, 4.69) is 5.32 Å². The van der Waals surface area contributed by atoms with Crippen molar-refractivity contribution in [1.29, 1.82) is 0 Å². The van der Waals surface area contributed by atoms with Crippen molar-refractivity contribution in [2.24, 2.45) is 11.7 Å². The van der Waals surface area contributed by atoms with Crippen LogP contribution in [0.2, 0.25) is 0 Å². The van der Waals surface area contributed by atoms with Gasteiger partial charge in [0.05, 0.1) is 6.04 Å². The van der Waals surface area contributed by atoms with Crippen LogP contribution in [0, 0.1) is 5.92 Å². The maximum Gasteiger partial charge on any atom is 0.303 e. The number of carbonyl (C=O) groups excluding carboxylic acids is 3. The number of rotatable bonds is 15. The quantitative estimate of drug-likeness (QED) is 0.231. The van der Waals surface area contributed by atoms with Gasteiger partial charge in [-0.3, -0.25) is 24.0 Å². The molecule has 0 unspecified atom stereocenters. The van der Waals surface area contributed by atoms with E-state index in [1.807, 2.05) is 42.5 Å². The summed E-state index contributed by atoms with van der Waals surface area (Å²) in [7, 11) is 0. The second-order valence-electron chi connectivity index (χ2n) is 8.58. The van der Waals surface area contributed by atoms with Gasteiger partial charge in [-0.15, -0.1) is 0 Å². The molecule has 0 saturated carbocycles. The van der Waals surface area contributed by atoms with E-state index in [-0.39, 0.29) is 38.5 Å². The van der Waals surface area contributed by atoms with Crippen LogP contribution in [0.4, 0.5) is 5.69 Å². The van der Waals surface area contributed by atoms with E-state index in [1.54, 1.807) is 6.07 Å². The maximum atomic E-state index is 12.7. The van der Waals surface area contributed by atoms with Gasteiger partial charge in [0, 0.05) is 37.3 Å². The number of ketones is 1. The molecular formula is C26H31N3O7. The molecule has 0 aliphatic heterocycles. The molecular weight excluding hydrogens is 466 g/mol. The number of nitrogen functional groups attached to an aromatic ring is 1. The summed E-state index contributed by atoms with van der Waals surface area (Å²) in [6.07, 6.45) is -0.903. The number of hydrogen-bond donors (Lipinski definition) is 5. The molecule has 7 N–H and O–H groups in total. The summed E-state index contributed by atoms with van der Waals surface area (Å²) in [6, 6.07) is 14.0. The molecule has 0 radical (unpaired) electrons. The Bertz CT molecular complexity index is 1100. The Balaban J connectivity index is 1.98. The van der Waals surface area contributed by atoms with Crippen molar-refractivity contribution in [3.8, 4) is 11.1 Å². The molecule has 192 valence electrons. The number of nitrogens with one attached hydrogen (secondary N) is 1. The fraction of sp³-hybridized carbons (Fsp3) is 0.346. The number of carboxylic acid groups (broad SMARTS) is 2. The lowest BCUT2D eigenvalue weighted by molar-refractivity contribution is -0.139. The Morgan fingerprint density at radius 3 is 2.06 bits per heavy atom. The molecule has 36 heavy (non-hydrogen) atoms. The van der Waals surface area contributed by atoms with Crippen molar-refractivity contribution < 1.29 is 34.2 Å². The zero-order valence-corrected chi connectivity index (χ0v) is 19.8. The van der Waals surface area contributed by atoms with Crippen molar-refractivity contribution in [3.05, 3.63) is 54.1 Å². The molecule has 0 heterocycles. The van der Waals surface area contributed by atoms with Crippen molar-refractivity contribution in [2.75, 3.05) is 5.73 Å². The number of benzene rings is 2. The number of hydrogen-bond acceptors (Lipinski definition) is 6. The lowest BCUT2D eigenvalue weighted by Crippen LogP contribution is -2.43. The number of Topliss-reactive ketones (excluding diaryl/α,β-unsaturated/α-hetero) is 1. The van der Waals surface area contributed by atoms with Gasteiger partial charge in [0.15, 0.2) is 5.78 Å². The molecule has 2 aromatic rings. The summed E-state index contributed by atoms with van der Waals surface area (Å²) in [4.78, 5) is 58.7. The predicted molar refractivity (Wildman–Crippen MR) is 133 cm³/mol. The minimum Gasteiger partial charge on any atom is -0.481 e. The third-order valence-corrected chi connectivity index (χ3v) is 5.74. The number of carboxylic acids is 2. The largest absolute Gasteiger partial charge is 0.481 e. The number of aryl methyl sites for hydroxylation is 1. The molecule has 2 amide bonds. The number of primary amides is 1.